The molecule has 0 aliphatic carbocycles. The molecule has 0 saturated carbocycles. The number of hydrogen-bond acceptors (Lipinski definition) is 2. The highest BCUT2D eigenvalue weighted by atomic mass is 127. The highest BCUT2D eigenvalue weighted by molar-refractivity contribution is 14.2. The summed E-state index contributed by atoms with van der Waals surface area (Å²) in [6.07, 6.45) is -0.836. The molecule has 3 aromatic rings. The van der Waals surface area contributed by atoms with Crippen molar-refractivity contribution in [2.24, 2.45) is 0 Å². The van der Waals surface area contributed by atoms with Crippen molar-refractivity contribution in [1.82, 2.24) is 8.96 Å². The summed E-state index contributed by atoms with van der Waals surface area (Å²) in [5.74, 6) is 0. The molecule has 0 saturated heterocycles. The van der Waals surface area contributed by atoms with Gasteiger partial charge in [-0.25, -0.2) is 17.7 Å². The third-order valence-corrected chi connectivity index (χ3v) is 5.74. The molecular formula is C14H7BrClF2IN2S. The van der Waals surface area contributed by atoms with Crippen LogP contribution in [0.3, 0.4) is 0 Å². The van der Waals surface area contributed by atoms with Gasteiger partial charge in [0, 0.05) is 57.5 Å². The highest BCUT2D eigenvalue weighted by Crippen LogP contribution is 2.42. The molecule has 2 aromatic heterocycles. The highest BCUT2D eigenvalue weighted by Gasteiger charge is 2.20. The van der Waals surface area contributed by atoms with Gasteiger partial charge in [0.25, 0.3) is 6.43 Å². The summed E-state index contributed by atoms with van der Waals surface area (Å²) in [6.45, 7) is 0. The third-order valence-electron chi connectivity index (χ3n) is 3.18. The molecule has 0 bridgehead atoms. The molecule has 0 aliphatic rings. The number of rotatable bonds is 3. The Hall–Kier alpha value is -0.380. The van der Waals surface area contributed by atoms with E-state index in [0.29, 0.717) is 21.9 Å². The number of aromatic nitrogens is 2. The van der Waals surface area contributed by atoms with Crippen LogP contribution in [0.25, 0.3) is 22.2 Å². The minimum Gasteiger partial charge on any atom is -0.247 e. The predicted octanol–water partition coefficient (Wildman–Crippen LogP) is 6.90. The van der Waals surface area contributed by atoms with Crippen LogP contribution in [0.2, 0.25) is 5.15 Å². The molecular weight excluding hydrogens is 508 g/mol. The van der Waals surface area contributed by atoms with Crippen LogP contribution in [-0.2, 0) is 0 Å². The summed E-state index contributed by atoms with van der Waals surface area (Å²) < 4.78 is 28.5. The predicted molar refractivity (Wildman–Crippen MR) is 99.8 cm³/mol. The number of hydrogen-bond donors (Lipinski definition) is 0. The summed E-state index contributed by atoms with van der Waals surface area (Å²) >= 11 is 12.0. The van der Waals surface area contributed by atoms with Crippen LogP contribution in [0.4, 0.5) is 8.78 Å². The van der Waals surface area contributed by atoms with Crippen LogP contribution in [-0.4, -0.2) is 8.96 Å². The molecule has 0 fully saturated rings. The number of alkyl halides is 2. The zero-order valence-electron chi connectivity index (χ0n) is 10.7. The Balaban J connectivity index is 2.33. The van der Waals surface area contributed by atoms with Gasteiger partial charge in [-0.15, -0.1) is 0 Å². The summed E-state index contributed by atoms with van der Waals surface area (Å²) in [7, 11) is 1.39. The van der Waals surface area contributed by atoms with Crippen molar-refractivity contribution in [3.05, 3.63) is 51.7 Å². The number of halogens is 5. The van der Waals surface area contributed by atoms with Gasteiger partial charge in [-0.1, -0.05) is 29.8 Å². The zero-order chi connectivity index (χ0) is 15.9. The molecule has 0 amide bonds. The lowest BCUT2D eigenvalue weighted by Gasteiger charge is -2.05. The first-order valence-electron chi connectivity index (χ1n) is 6.06. The largest absolute Gasteiger partial charge is 0.263 e. The lowest BCUT2D eigenvalue weighted by Crippen LogP contribution is -1.86. The molecule has 0 radical (unpaired) electrons. The zero-order valence-corrected chi connectivity index (χ0v) is 16.0. The number of nitrogens with zero attached hydrogens (tertiary/aromatic N) is 2. The van der Waals surface area contributed by atoms with E-state index in [1.807, 2.05) is 6.07 Å². The van der Waals surface area contributed by atoms with E-state index in [-0.39, 0.29) is 5.56 Å². The molecule has 0 aliphatic heterocycles. The summed E-state index contributed by atoms with van der Waals surface area (Å²) in [5, 5.41) is 1.28. The maximum absolute atomic E-state index is 12.9. The average molecular weight is 516 g/mol. The lowest BCUT2D eigenvalue weighted by atomic mass is 10.0. The number of pyridine rings is 1. The summed E-state index contributed by atoms with van der Waals surface area (Å²) in [6, 6.07) is 8.15. The molecule has 22 heavy (non-hydrogen) atoms. The van der Waals surface area contributed by atoms with E-state index in [4.69, 9.17) is 11.6 Å². The van der Waals surface area contributed by atoms with E-state index < -0.39 is 6.43 Å². The Morgan fingerprint density at radius 2 is 2.09 bits per heavy atom. The first-order chi connectivity index (χ1) is 10.5. The Bertz CT molecular complexity index is 856. The van der Waals surface area contributed by atoms with E-state index >= 15 is 0 Å². The van der Waals surface area contributed by atoms with Crippen LogP contribution in [0.5, 0.6) is 0 Å². The van der Waals surface area contributed by atoms with Gasteiger partial charge in [0.2, 0.25) is 0 Å². The quantitative estimate of drug-likeness (QED) is 0.353. The average Bonchev–Trinajstić information content (AvgIpc) is 2.77. The van der Waals surface area contributed by atoms with Crippen LogP contribution < -0.4 is 0 Å². The fourth-order valence-electron chi connectivity index (χ4n) is 2.25. The van der Waals surface area contributed by atoms with Crippen LogP contribution >= 0.6 is 57.9 Å². The van der Waals surface area contributed by atoms with Crippen molar-refractivity contribution in [3.63, 3.8) is 0 Å². The van der Waals surface area contributed by atoms with Crippen LogP contribution in [0, 0.1) is 0 Å². The fourth-order valence-corrected chi connectivity index (χ4v) is 4.84. The van der Waals surface area contributed by atoms with E-state index in [0.717, 1.165) is 9.86 Å². The van der Waals surface area contributed by atoms with Gasteiger partial charge >= 0.3 is 0 Å². The normalized spacial score (nSPS) is 11.5. The van der Waals surface area contributed by atoms with E-state index in [1.165, 1.54) is 21.3 Å². The van der Waals surface area contributed by atoms with Crippen molar-refractivity contribution in [3.8, 4) is 11.1 Å². The molecule has 114 valence electrons. The molecule has 2 nitrogen and oxygen atoms in total. The fraction of sp³-hybridized carbons (Fsp3) is 0.0714. The van der Waals surface area contributed by atoms with E-state index in [9.17, 15) is 8.78 Å². The second-order valence-corrected chi connectivity index (χ2v) is 7.44. The molecule has 0 atom stereocenters. The van der Waals surface area contributed by atoms with Gasteiger partial charge in [0.1, 0.15) is 5.15 Å². The van der Waals surface area contributed by atoms with Gasteiger partial charge in [-0.3, -0.25) is 0 Å². The minimum absolute atomic E-state index is 0.0282. The first kappa shape index (κ1) is 16.5. The summed E-state index contributed by atoms with van der Waals surface area (Å²) in [4.78, 5) is 4.37. The van der Waals surface area contributed by atoms with Gasteiger partial charge in [-0.05, 0) is 33.6 Å². The second kappa shape index (κ2) is 6.62. The second-order valence-electron chi connectivity index (χ2n) is 4.48. The Labute approximate surface area is 155 Å². The molecule has 3 rings (SSSR count). The molecule has 0 spiro atoms. The van der Waals surface area contributed by atoms with Crippen LogP contribution in [0.1, 0.15) is 12.0 Å². The SMILES string of the molecule is FC(F)c1cccc(-c2c(Cl)n(SI)c3ncc(Br)cc23)c1. The van der Waals surface area contributed by atoms with Crippen molar-refractivity contribution in [1.29, 1.82) is 0 Å². The van der Waals surface area contributed by atoms with Gasteiger partial charge in [0.05, 0.1) is 0 Å². The van der Waals surface area contributed by atoms with Crippen molar-refractivity contribution >= 4 is 68.9 Å². The molecule has 0 unspecified atom stereocenters. The van der Waals surface area contributed by atoms with Crippen molar-refractivity contribution in [2.45, 2.75) is 6.43 Å². The molecule has 1 aromatic carbocycles. The van der Waals surface area contributed by atoms with E-state index in [2.05, 4.69) is 42.1 Å². The van der Waals surface area contributed by atoms with E-state index in [1.54, 1.807) is 22.3 Å². The van der Waals surface area contributed by atoms with Gasteiger partial charge in [0.15, 0.2) is 5.65 Å². The molecule has 8 heteroatoms. The standard InChI is InChI=1S/C14H7BrClF2IN2S/c15-9-5-10-11(7-2-1-3-8(4-7)13(17)18)12(16)21(22-19)14(10)20-6-9/h1-6,13H. The topological polar surface area (TPSA) is 17.8 Å². The Kier molecular flexibility index (Phi) is 4.96. The third kappa shape index (κ3) is 2.88. The van der Waals surface area contributed by atoms with Gasteiger partial charge in [-0.2, -0.15) is 0 Å². The Morgan fingerprint density at radius 1 is 1.32 bits per heavy atom. The molecule has 2 heterocycles. The minimum atomic E-state index is -2.52. The molecule has 0 N–H and O–H groups in total. The number of fused-ring (bicyclic) bond motifs is 1. The maximum atomic E-state index is 12.9. The Morgan fingerprint density at radius 3 is 2.77 bits per heavy atom. The summed E-state index contributed by atoms with van der Waals surface area (Å²) in [5.41, 5.74) is 2.03. The van der Waals surface area contributed by atoms with Crippen LogP contribution in [0.15, 0.2) is 41.0 Å². The lowest BCUT2D eigenvalue weighted by molar-refractivity contribution is 0.151. The van der Waals surface area contributed by atoms with Crippen molar-refractivity contribution in [2.75, 3.05) is 0 Å². The van der Waals surface area contributed by atoms with Crippen molar-refractivity contribution < 1.29 is 8.78 Å². The maximum Gasteiger partial charge on any atom is 0.263 e. The first-order valence-corrected chi connectivity index (χ1v) is 10.5. The number of benzene rings is 1. The monoisotopic (exact) mass is 514 g/mol. The smallest absolute Gasteiger partial charge is 0.247 e. The van der Waals surface area contributed by atoms with Gasteiger partial charge < -0.3 is 0 Å².